The predicted octanol–water partition coefficient (Wildman–Crippen LogP) is 18.4. The summed E-state index contributed by atoms with van der Waals surface area (Å²) in [6.07, 6.45) is 4.60. The molecule has 0 bridgehead atoms. The molecule has 6 N–H and O–H groups in total. The normalized spacial score (nSPS) is 10.5. The van der Waals surface area contributed by atoms with Crippen molar-refractivity contribution in [2.45, 2.75) is 28.5 Å². The van der Waals surface area contributed by atoms with Gasteiger partial charge in [0.2, 0.25) is 0 Å². The molecule has 0 spiro atoms. The van der Waals surface area contributed by atoms with E-state index >= 15 is 0 Å². The second-order valence-electron chi connectivity index (χ2n) is 15.0. The number of hydrogen-bond donors (Lipinski definition) is 5. The van der Waals surface area contributed by atoms with Gasteiger partial charge in [0.05, 0.1) is 32.0 Å². The first-order valence-electron chi connectivity index (χ1n) is 21.3. The summed E-state index contributed by atoms with van der Waals surface area (Å²) in [5.41, 5.74) is 8.65. The summed E-state index contributed by atoms with van der Waals surface area (Å²) in [6, 6.07) is 28.6. The maximum atomic E-state index is 12.9. The van der Waals surface area contributed by atoms with E-state index in [1.807, 2.05) is 53.9 Å². The summed E-state index contributed by atoms with van der Waals surface area (Å²) in [7, 11) is -2.31. The molecule has 7 aromatic rings. The molecule has 81 heavy (non-hydrogen) atoms. The van der Waals surface area contributed by atoms with Crippen molar-refractivity contribution < 1.29 is 40.6 Å². The van der Waals surface area contributed by atoms with E-state index in [4.69, 9.17) is 97.6 Å². The Morgan fingerprint density at radius 1 is 0.543 bits per heavy atom. The fourth-order valence-electron chi connectivity index (χ4n) is 5.71. The first-order valence-corrected chi connectivity index (χ1v) is 34.8. The summed E-state index contributed by atoms with van der Waals surface area (Å²) in [4.78, 5) is -0.997. The minimum absolute atomic E-state index is 0.0489. The first kappa shape index (κ1) is 75.2. The van der Waals surface area contributed by atoms with Crippen molar-refractivity contribution >= 4 is 259 Å². The standard InChI is InChI=1S/C16H12BrCl2NO3S.C13H9BrCl2INO3S.C7H7ClIN.C6H3BrCl2O3S.C6H5ClIN.C3H4/c1-3-4-10-7-12(18)5-6-14(10)20(2)24(22,23)15-9-11(17)8-13(19)16(15)21;1-18(11-3-2-8(15)6-10(11)17)22(20,21)12-5-7(14)4-9(16)13(12)19;1-10-7-3-2-5(8)4-6(7)9;7-3-1-4(8)6(10)5(2-3)13(9,11)12;7-4-1-2-6(9)5(8)3-4;1-3-2/h5-9,21H,1-2H3;2-6,19H,1H3;2-4,10H,1H3;1-2,10H;1-3H,9H2;1H,2H3. The number of nitrogen functional groups attached to an aromatic ring is 1. The largest absolute Gasteiger partial charge is 0.505 e. The van der Waals surface area contributed by atoms with Crippen LogP contribution in [0.1, 0.15) is 19.4 Å². The van der Waals surface area contributed by atoms with Crippen LogP contribution in [0.5, 0.6) is 17.2 Å². The number of hydrogen-bond acceptors (Lipinski definition) is 11. The highest BCUT2D eigenvalue weighted by molar-refractivity contribution is 14.1. The van der Waals surface area contributed by atoms with Gasteiger partial charge < -0.3 is 26.4 Å². The summed E-state index contributed by atoms with van der Waals surface area (Å²) in [5, 5.41) is 34.6. The van der Waals surface area contributed by atoms with Gasteiger partial charge >= 0.3 is 0 Å². The number of nitrogens with two attached hydrogens (primary N) is 1. The molecule has 0 radical (unpaired) electrons. The number of aromatic hydroxyl groups is 3. The lowest BCUT2D eigenvalue weighted by Crippen LogP contribution is -2.27. The Balaban J connectivity index is 0.000000358. The molecule has 434 valence electrons. The zero-order valence-corrected chi connectivity index (χ0v) is 61.5. The molecule has 0 heterocycles. The van der Waals surface area contributed by atoms with Gasteiger partial charge in [-0.2, -0.15) is 0 Å². The highest BCUT2D eigenvalue weighted by Gasteiger charge is 2.29. The van der Waals surface area contributed by atoms with E-state index in [0.29, 0.717) is 44.0 Å². The first-order chi connectivity index (χ1) is 37.5. The number of anilines is 4. The van der Waals surface area contributed by atoms with Crippen LogP contribution in [0.3, 0.4) is 0 Å². The quantitative estimate of drug-likeness (QED) is 0.0418. The van der Waals surface area contributed by atoms with E-state index in [9.17, 15) is 40.6 Å². The average Bonchev–Trinajstić information content (AvgIpc) is 3.39. The van der Waals surface area contributed by atoms with Crippen molar-refractivity contribution in [3.63, 3.8) is 0 Å². The van der Waals surface area contributed by atoms with Gasteiger partial charge in [-0.1, -0.05) is 135 Å². The van der Waals surface area contributed by atoms with Crippen molar-refractivity contribution in [2.75, 3.05) is 40.8 Å². The number of halogens is 14. The maximum Gasteiger partial charge on any atom is 0.267 e. The Labute approximate surface area is 576 Å². The maximum absolute atomic E-state index is 12.9. The van der Waals surface area contributed by atoms with Gasteiger partial charge in [-0.05, 0) is 191 Å². The van der Waals surface area contributed by atoms with E-state index in [-0.39, 0.29) is 24.9 Å². The molecule has 0 aliphatic heterocycles. The molecule has 0 saturated carbocycles. The van der Waals surface area contributed by atoms with Crippen LogP contribution in [0.25, 0.3) is 0 Å². The number of phenolic OH excluding ortho intramolecular Hbond substituents is 3. The molecule has 7 aromatic carbocycles. The van der Waals surface area contributed by atoms with Crippen LogP contribution >= 0.6 is 207 Å². The molecule has 0 unspecified atom stereocenters. The van der Waals surface area contributed by atoms with Crippen molar-refractivity contribution in [3.8, 4) is 41.4 Å². The van der Waals surface area contributed by atoms with Gasteiger partial charge in [-0.25, -0.2) is 25.3 Å². The van der Waals surface area contributed by atoms with Crippen molar-refractivity contribution in [3.05, 3.63) is 174 Å². The number of nitrogens with one attached hydrogen (secondary N) is 1. The van der Waals surface area contributed by atoms with Crippen molar-refractivity contribution in [1.29, 1.82) is 0 Å². The molecule has 0 amide bonds. The molecule has 0 fully saturated rings. The molecule has 7 rings (SSSR count). The highest BCUT2D eigenvalue weighted by atomic mass is 127. The Morgan fingerprint density at radius 3 is 1.26 bits per heavy atom. The van der Waals surface area contributed by atoms with E-state index in [0.717, 1.165) is 37.2 Å². The third-order valence-electron chi connectivity index (χ3n) is 9.49. The van der Waals surface area contributed by atoms with Crippen LogP contribution < -0.4 is 19.7 Å². The van der Waals surface area contributed by atoms with Crippen LogP contribution in [-0.2, 0) is 29.1 Å². The van der Waals surface area contributed by atoms with Crippen LogP contribution in [0, 0.1) is 34.9 Å². The van der Waals surface area contributed by atoms with Gasteiger partial charge in [0, 0.05) is 87.4 Å². The Bertz CT molecular complexity index is 3890. The topological polar surface area (TPSA) is 208 Å². The van der Waals surface area contributed by atoms with Crippen LogP contribution in [0.2, 0.25) is 35.2 Å². The van der Waals surface area contributed by atoms with Crippen molar-refractivity contribution in [2.24, 2.45) is 0 Å². The fraction of sp³-hybridized carbons (Fsp3) is 0.0980. The molecule has 0 aliphatic rings. The third-order valence-corrected chi connectivity index (χ3v) is 20.3. The monoisotopic (exact) mass is 1850 g/mol. The number of phenols is 3. The van der Waals surface area contributed by atoms with Gasteiger partial charge in [0.25, 0.3) is 29.1 Å². The zero-order chi connectivity index (χ0) is 62.1. The molecular weight excluding hydrogens is 1810 g/mol. The number of benzene rings is 7. The number of sulfonamides is 2. The minimum Gasteiger partial charge on any atom is -0.505 e. The lowest BCUT2D eigenvalue weighted by Gasteiger charge is -2.22. The van der Waals surface area contributed by atoms with Crippen LogP contribution in [0.15, 0.2) is 137 Å². The molecular formula is C51H40Br3Cl8I3N4O9S3. The van der Waals surface area contributed by atoms with Crippen molar-refractivity contribution in [1.82, 2.24) is 0 Å². The number of rotatable bonds is 8. The molecule has 0 atom stereocenters. The summed E-state index contributed by atoms with van der Waals surface area (Å²) < 4.78 is 79.3. The molecule has 30 heteroatoms. The minimum atomic E-state index is -4.06. The van der Waals surface area contributed by atoms with E-state index in [1.54, 1.807) is 62.4 Å². The van der Waals surface area contributed by atoms with Gasteiger partial charge in [0.15, 0.2) is 17.2 Å². The van der Waals surface area contributed by atoms with Crippen LogP contribution in [-0.4, -0.2) is 61.7 Å². The summed E-state index contributed by atoms with van der Waals surface area (Å²) >= 11 is 56.2. The Hall–Kier alpha value is -1.94. The van der Waals surface area contributed by atoms with Crippen LogP contribution in [0.4, 0.5) is 22.7 Å². The summed E-state index contributed by atoms with van der Waals surface area (Å²) in [5.74, 6) is 6.25. The predicted molar refractivity (Wildman–Crippen MR) is 372 cm³/mol. The molecule has 0 aromatic heterocycles. The lowest BCUT2D eigenvalue weighted by molar-refractivity contribution is 0.458. The SMILES string of the molecule is C#CC.CC#Cc1cc(Cl)ccc1N(C)S(=O)(=O)c1cc(Br)cc(Cl)c1O.CN(c1ccc(Cl)cc1I)S(=O)(=O)c1cc(Br)cc(Cl)c1O.CNc1ccc(Cl)cc1I.Nc1ccc(Cl)cc1I.O=S(=O)(Cl)c1cc(Br)cc(Cl)c1O. The molecule has 0 aliphatic carbocycles. The highest BCUT2D eigenvalue weighted by Crippen LogP contribution is 2.40. The third kappa shape index (κ3) is 22.7. The van der Waals surface area contributed by atoms with Gasteiger partial charge in [-0.3, -0.25) is 8.61 Å². The second-order valence-corrected chi connectivity index (χ2v) is 30.7. The smallest absolute Gasteiger partial charge is 0.267 e. The molecule has 0 saturated heterocycles. The zero-order valence-electron chi connectivity index (χ0n) is 41.7. The number of terminal acetylenes is 1. The average molecular weight is 1850 g/mol. The molecule has 13 nitrogen and oxygen atoms in total. The van der Waals surface area contributed by atoms with E-state index in [2.05, 4.69) is 122 Å². The Morgan fingerprint density at radius 2 is 0.889 bits per heavy atom. The van der Waals surface area contributed by atoms with E-state index < -0.39 is 51.2 Å². The van der Waals surface area contributed by atoms with E-state index in [1.165, 1.54) is 50.5 Å². The Kier molecular flexibility index (Phi) is 31.9. The number of nitrogens with zero attached hydrogens (tertiary/aromatic N) is 2. The van der Waals surface area contributed by atoms with Gasteiger partial charge in [-0.15, -0.1) is 18.3 Å². The summed E-state index contributed by atoms with van der Waals surface area (Å²) in [6.45, 7) is 3.29. The second kappa shape index (κ2) is 34.4. The fourth-order valence-corrected chi connectivity index (χ4v) is 16.0. The van der Waals surface area contributed by atoms with Gasteiger partial charge in [0.1, 0.15) is 14.7 Å². The lowest BCUT2D eigenvalue weighted by atomic mass is 10.2.